The first-order chi connectivity index (χ1) is 57.6. The van der Waals surface area contributed by atoms with Crippen molar-refractivity contribution in [3.05, 3.63) is 400 Å². The lowest BCUT2D eigenvalue weighted by Crippen LogP contribution is -2.27. The molecular formula is C108H68N8. The van der Waals surface area contributed by atoms with Gasteiger partial charge in [-0.15, -0.1) is 0 Å². The molecule has 116 heavy (non-hydrogen) atoms. The van der Waals surface area contributed by atoms with Crippen LogP contribution in [-0.4, -0.2) is 38.0 Å². The molecule has 0 amide bonds. The van der Waals surface area contributed by atoms with E-state index in [1.54, 1.807) is 0 Å². The van der Waals surface area contributed by atoms with Crippen molar-refractivity contribution in [1.29, 1.82) is 0 Å². The predicted octanol–water partition coefficient (Wildman–Crippen LogP) is 27.9. The van der Waals surface area contributed by atoms with E-state index in [1.165, 1.54) is 103 Å². The topological polar surface area (TPSA) is 37.8 Å². The molecule has 1 atom stereocenters. The van der Waals surface area contributed by atoms with Crippen LogP contribution in [0.5, 0.6) is 0 Å². The quantitative estimate of drug-likeness (QED) is 0.142. The average molecular weight is 1480 g/mol. The Bertz CT molecular complexity index is 8170. The molecule has 26 rings (SSSR count). The summed E-state index contributed by atoms with van der Waals surface area (Å²) in [6, 6.07) is 141. The highest BCUT2D eigenvalue weighted by molar-refractivity contribution is 6.28. The number of fused-ring (bicyclic) bond motifs is 28. The van der Waals surface area contributed by atoms with E-state index >= 15 is 0 Å². The summed E-state index contributed by atoms with van der Waals surface area (Å²) in [7, 11) is 0. The molecule has 0 saturated carbocycles. The Morgan fingerprint density at radius 2 is 0.440 bits per heavy atom. The van der Waals surface area contributed by atoms with Crippen LogP contribution >= 0.6 is 0 Å². The lowest BCUT2D eigenvalue weighted by Gasteiger charge is -2.30. The second-order valence-electron chi connectivity index (χ2n) is 31.4. The SMILES string of the molecule is C1=CCC2C(=C1)c1ccc3c4ccccc4n(-c4ccccc4)c3c1N2c1cc(-c2cc(-n3c4ccccc4c4ccc5c6ccccc6n(-c6ccccc6)c5c43)cc(-n3c4ccccc4c4ccc5c6ccccc6n(-c6ccccc6)c5c43)c2)cc(-n2c3ccccc3c3ccc4c5ccccc5n(-c5ccccc5)c4c32)c1. The Balaban J connectivity index is 0.851. The fourth-order valence-corrected chi connectivity index (χ4v) is 20.9. The molecule has 24 aromatic rings. The van der Waals surface area contributed by atoms with Gasteiger partial charge in [0.2, 0.25) is 0 Å². The summed E-state index contributed by atoms with van der Waals surface area (Å²) in [6.07, 6.45) is 7.86. The second-order valence-corrected chi connectivity index (χ2v) is 31.4. The molecule has 1 aliphatic carbocycles. The summed E-state index contributed by atoms with van der Waals surface area (Å²) in [6.45, 7) is 0. The van der Waals surface area contributed by atoms with Gasteiger partial charge in [-0.3, -0.25) is 0 Å². The molecule has 0 saturated heterocycles. The van der Waals surface area contributed by atoms with Gasteiger partial charge in [-0.25, -0.2) is 0 Å². The summed E-state index contributed by atoms with van der Waals surface area (Å²) in [5.41, 5.74) is 30.5. The number of allylic oxidation sites excluding steroid dienone is 2. The van der Waals surface area contributed by atoms with Crippen LogP contribution in [0.15, 0.2) is 394 Å². The molecule has 1 aliphatic heterocycles. The maximum absolute atomic E-state index is 2.74. The van der Waals surface area contributed by atoms with Crippen LogP contribution in [0.3, 0.4) is 0 Å². The monoisotopic (exact) mass is 1480 g/mol. The molecule has 0 bridgehead atoms. The van der Waals surface area contributed by atoms with Gasteiger partial charge in [-0.2, -0.15) is 0 Å². The molecule has 7 aromatic heterocycles. The molecule has 0 N–H and O–H groups in total. The van der Waals surface area contributed by atoms with Gasteiger partial charge < -0.3 is 36.9 Å². The first-order valence-corrected chi connectivity index (χ1v) is 40.3. The Hall–Kier alpha value is -15.4. The van der Waals surface area contributed by atoms with E-state index in [4.69, 9.17) is 0 Å². The van der Waals surface area contributed by atoms with E-state index in [1.807, 2.05) is 0 Å². The summed E-state index contributed by atoms with van der Waals surface area (Å²) in [5.74, 6) is 0. The maximum atomic E-state index is 2.74. The van der Waals surface area contributed by atoms with E-state index in [0.29, 0.717) is 0 Å². The zero-order chi connectivity index (χ0) is 75.5. The maximum Gasteiger partial charge on any atom is 0.0788 e. The van der Waals surface area contributed by atoms with Gasteiger partial charge in [0, 0.05) is 126 Å². The van der Waals surface area contributed by atoms with Crippen LogP contribution in [0.4, 0.5) is 11.4 Å². The van der Waals surface area contributed by atoms with Gasteiger partial charge in [0.05, 0.1) is 89.0 Å². The van der Waals surface area contributed by atoms with Gasteiger partial charge in [0.25, 0.3) is 0 Å². The fourth-order valence-electron chi connectivity index (χ4n) is 20.9. The highest BCUT2D eigenvalue weighted by atomic mass is 15.2. The van der Waals surface area contributed by atoms with Crippen LogP contribution in [0, 0.1) is 0 Å². The average Bonchev–Trinajstić information content (AvgIpc) is 1.55. The Kier molecular flexibility index (Phi) is 13.1. The van der Waals surface area contributed by atoms with Crippen molar-refractivity contribution in [2.45, 2.75) is 12.5 Å². The van der Waals surface area contributed by atoms with Crippen molar-refractivity contribution >= 4 is 170 Å². The van der Waals surface area contributed by atoms with Crippen molar-refractivity contribution < 1.29 is 0 Å². The molecule has 540 valence electrons. The number of hydrogen-bond acceptors (Lipinski definition) is 1. The van der Waals surface area contributed by atoms with Crippen LogP contribution in [0.2, 0.25) is 0 Å². The molecule has 2 aliphatic rings. The van der Waals surface area contributed by atoms with Gasteiger partial charge in [-0.1, -0.05) is 267 Å². The van der Waals surface area contributed by atoms with Gasteiger partial charge in [0.15, 0.2) is 0 Å². The second kappa shape index (κ2) is 24.1. The Morgan fingerprint density at radius 3 is 0.750 bits per heavy atom. The smallest absolute Gasteiger partial charge is 0.0788 e. The van der Waals surface area contributed by atoms with Crippen molar-refractivity contribution in [1.82, 2.24) is 32.0 Å². The molecule has 8 nitrogen and oxygen atoms in total. The minimum atomic E-state index is -0.0499. The summed E-state index contributed by atoms with van der Waals surface area (Å²) in [5, 5.41) is 16.7. The van der Waals surface area contributed by atoms with Crippen molar-refractivity contribution in [2.75, 3.05) is 4.90 Å². The molecule has 8 heteroatoms. The minimum Gasteiger partial charge on any atom is -0.331 e. The summed E-state index contributed by atoms with van der Waals surface area (Å²) >= 11 is 0. The van der Waals surface area contributed by atoms with Gasteiger partial charge >= 0.3 is 0 Å². The zero-order valence-corrected chi connectivity index (χ0v) is 62.9. The lowest BCUT2D eigenvalue weighted by atomic mass is 9.95. The van der Waals surface area contributed by atoms with Crippen LogP contribution in [-0.2, 0) is 0 Å². The molecule has 0 radical (unpaired) electrons. The Labute approximate surface area is 665 Å². The summed E-state index contributed by atoms with van der Waals surface area (Å²) in [4.78, 5) is 2.74. The summed E-state index contributed by atoms with van der Waals surface area (Å²) < 4.78 is 17.9. The number of para-hydroxylation sites is 11. The van der Waals surface area contributed by atoms with Crippen LogP contribution < -0.4 is 4.90 Å². The number of aromatic nitrogens is 7. The standard InChI is InChI=1S/C108H68N8/c1-5-29-69(30-6-1)109-93-45-21-13-37-77(93)85-53-57-89-81-41-17-25-49-97(81)113(105(89)101(85)109)73-61-67(62-74(65-73)114-98-50-26-18-42-82(98)90-58-54-86-78-38-14-22-46-94(78)110(102(86)106(90)114)70-31-7-2-8-32-70)68-63-75(115-99-51-27-19-43-83(99)91-59-55-87-79-39-15-23-47-95(79)111(103(87)107(91)115)71-33-9-3-10-34-71)66-76(64-68)116-100-52-28-20-44-84(100)92-60-56-88-80-40-16-24-48-96(80)112(104(88)108(92)116)72-35-11-4-12-36-72/h1-51,53-66,100H,52H2. The van der Waals surface area contributed by atoms with E-state index in [2.05, 4.69) is 431 Å². The third-order valence-electron chi connectivity index (χ3n) is 25.5. The largest absolute Gasteiger partial charge is 0.331 e. The third kappa shape index (κ3) is 8.70. The first kappa shape index (κ1) is 63.3. The number of rotatable bonds is 9. The molecule has 0 fully saturated rings. The van der Waals surface area contributed by atoms with Gasteiger partial charge in [-0.05, 0) is 151 Å². The molecule has 1 unspecified atom stereocenters. The predicted molar refractivity (Wildman–Crippen MR) is 486 cm³/mol. The van der Waals surface area contributed by atoms with Gasteiger partial charge in [0.1, 0.15) is 0 Å². The van der Waals surface area contributed by atoms with E-state index in [9.17, 15) is 0 Å². The highest BCUT2D eigenvalue weighted by Gasteiger charge is 2.39. The molecule has 8 heterocycles. The Morgan fingerprint density at radius 1 is 0.198 bits per heavy atom. The van der Waals surface area contributed by atoms with E-state index in [-0.39, 0.29) is 6.04 Å². The van der Waals surface area contributed by atoms with Crippen molar-refractivity contribution in [3.8, 4) is 50.9 Å². The van der Waals surface area contributed by atoms with E-state index < -0.39 is 0 Å². The minimum absolute atomic E-state index is 0.0499. The number of anilines is 2. The molecule has 0 spiro atoms. The third-order valence-corrected chi connectivity index (χ3v) is 25.5. The number of nitrogens with zero attached hydrogens (tertiary/aromatic N) is 8. The lowest BCUT2D eigenvalue weighted by molar-refractivity contribution is 0.829. The fraction of sp³-hybridized carbons (Fsp3) is 0.0185. The number of benzene rings is 17. The first-order valence-electron chi connectivity index (χ1n) is 40.3. The van der Waals surface area contributed by atoms with Crippen LogP contribution in [0.25, 0.3) is 209 Å². The molecule has 17 aromatic carbocycles. The highest BCUT2D eigenvalue weighted by Crippen LogP contribution is 2.55. The van der Waals surface area contributed by atoms with E-state index in [0.717, 1.165) is 129 Å². The molecular weight excluding hydrogens is 1410 g/mol. The zero-order valence-electron chi connectivity index (χ0n) is 62.9. The van der Waals surface area contributed by atoms with Crippen LogP contribution in [0.1, 0.15) is 12.0 Å². The number of hydrogen-bond donors (Lipinski definition) is 0. The van der Waals surface area contributed by atoms with Crippen molar-refractivity contribution in [3.63, 3.8) is 0 Å². The normalized spacial score (nSPS) is 13.7. The van der Waals surface area contributed by atoms with Crippen molar-refractivity contribution in [2.24, 2.45) is 0 Å².